The first kappa shape index (κ1) is 21.6. The van der Waals surface area contributed by atoms with Crippen molar-refractivity contribution in [1.29, 1.82) is 0 Å². The molecule has 0 aromatic heterocycles. The molecule has 0 aliphatic carbocycles. The average molecular weight is 371 g/mol. The maximum absolute atomic E-state index is 10.3. The molecule has 108 valence electrons. The van der Waals surface area contributed by atoms with Gasteiger partial charge in [-0.05, 0) is 6.42 Å². The van der Waals surface area contributed by atoms with Crippen LogP contribution >= 0.6 is 0 Å². The molecule has 0 bridgehead atoms. The van der Waals surface area contributed by atoms with E-state index in [1.165, 1.54) is 70.6 Å². The van der Waals surface area contributed by atoms with E-state index in [9.17, 15) is 4.79 Å². The monoisotopic (exact) mass is 371 g/mol. The summed E-state index contributed by atoms with van der Waals surface area (Å²) >= 11 is 0. The van der Waals surface area contributed by atoms with Gasteiger partial charge in [0.1, 0.15) is 0 Å². The van der Waals surface area contributed by atoms with Gasteiger partial charge in [0.15, 0.2) is 0 Å². The molecular weight excluding hydrogens is 339 g/mol. The third kappa shape index (κ3) is 20.8. The van der Waals surface area contributed by atoms with Crippen LogP contribution in [-0.2, 0) is 4.79 Å². The van der Waals surface area contributed by atoms with Crippen molar-refractivity contribution >= 4 is 31.8 Å². The Bertz CT molecular complexity index is 184. The van der Waals surface area contributed by atoms with Crippen molar-refractivity contribution in [3.8, 4) is 0 Å². The zero-order valence-electron chi connectivity index (χ0n) is 12.8. The van der Waals surface area contributed by atoms with E-state index in [2.05, 4.69) is 6.92 Å². The molecule has 3 heteroatoms. The van der Waals surface area contributed by atoms with E-state index in [4.69, 9.17) is 5.11 Å². The van der Waals surface area contributed by atoms with E-state index >= 15 is 0 Å². The molecule has 0 rings (SSSR count). The van der Waals surface area contributed by atoms with Crippen LogP contribution in [0.25, 0.3) is 0 Å². The number of unbranched alkanes of at least 4 members (excludes halogenated alkanes) is 12. The van der Waals surface area contributed by atoms with E-state index in [-0.39, 0.29) is 25.8 Å². The Balaban J connectivity index is 0. The molecule has 0 atom stereocenters. The third-order valence-corrected chi connectivity index (χ3v) is 3.49. The first-order valence-corrected chi connectivity index (χ1v) is 7.99. The largest absolute Gasteiger partial charge is 3.00 e. The van der Waals surface area contributed by atoms with Crippen LogP contribution in [0.4, 0.5) is 0 Å². The minimum Gasteiger partial charge on any atom is -0.481 e. The Kier molecular flexibility index (Phi) is 20.9. The molecule has 0 radical (unpaired) electrons. The maximum atomic E-state index is 10.3. The second-order valence-electron chi connectivity index (χ2n) is 5.39. The molecule has 0 saturated heterocycles. The smallest absolute Gasteiger partial charge is 0.481 e. The number of carboxylic acid groups (broad SMARTS) is 1. The molecule has 2 nitrogen and oxygen atoms in total. The van der Waals surface area contributed by atoms with Gasteiger partial charge >= 0.3 is 31.8 Å². The molecule has 0 saturated carbocycles. The van der Waals surface area contributed by atoms with Crippen LogP contribution in [0.5, 0.6) is 0 Å². The summed E-state index contributed by atoms with van der Waals surface area (Å²) in [6, 6.07) is 0. The van der Waals surface area contributed by atoms with E-state index in [0.717, 1.165) is 12.8 Å². The predicted molar refractivity (Wildman–Crippen MR) is 83.7 cm³/mol. The van der Waals surface area contributed by atoms with Crippen LogP contribution in [-0.4, -0.2) is 36.9 Å². The summed E-state index contributed by atoms with van der Waals surface area (Å²) in [5.41, 5.74) is 0. The van der Waals surface area contributed by atoms with Crippen molar-refractivity contribution in [1.82, 2.24) is 0 Å². The molecule has 0 aromatic rings. The summed E-state index contributed by atoms with van der Waals surface area (Å²) in [7, 11) is 0. The molecule has 0 aromatic carbocycles. The standard InChI is InChI=1S/C16H32O2.In/c1-2-3-4-5-6-7-8-9-10-11-12-13-14-15-16(17)18;/h2-15H2,1H3,(H,17,18);/q;+3. The van der Waals surface area contributed by atoms with E-state index in [1.54, 1.807) is 0 Å². The molecule has 0 spiro atoms. The van der Waals surface area contributed by atoms with Crippen molar-refractivity contribution in [2.24, 2.45) is 0 Å². The minimum atomic E-state index is -0.655. The summed E-state index contributed by atoms with van der Waals surface area (Å²) in [6.45, 7) is 2.26. The molecular formula is C16H32InO2+3. The summed E-state index contributed by atoms with van der Waals surface area (Å²) in [4.78, 5) is 10.3. The van der Waals surface area contributed by atoms with Gasteiger partial charge in [-0.1, -0.05) is 84.0 Å². The number of hydrogen-bond acceptors (Lipinski definition) is 1. The zero-order chi connectivity index (χ0) is 13.5. The zero-order valence-corrected chi connectivity index (χ0v) is 16.1. The van der Waals surface area contributed by atoms with Crippen LogP contribution in [0.15, 0.2) is 0 Å². The first-order valence-electron chi connectivity index (χ1n) is 7.99. The fourth-order valence-corrected chi connectivity index (χ4v) is 2.29. The Labute approximate surface area is 138 Å². The summed E-state index contributed by atoms with van der Waals surface area (Å²) in [5.74, 6) is -0.655. The first-order chi connectivity index (χ1) is 8.77. The summed E-state index contributed by atoms with van der Waals surface area (Å²) in [5, 5.41) is 8.49. The normalized spacial score (nSPS) is 10.2. The van der Waals surface area contributed by atoms with Crippen molar-refractivity contribution < 1.29 is 9.90 Å². The molecule has 0 unspecified atom stereocenters. The molecule has 0 fully saturated rings. The summed E-state index contributed by atoms with van der Waals surface area (Å²) in [6.07, 6.45) is 17.3. The fraction of sp³-hybridized carbons (Fsp3) is 0.938. The summed E-state index contributed by atoms with van der Waals surface area (Å²) < 4.78 is 0. The van der Waals surface area contributed by atoms with Gasteiger partial charge in [0.25, 0.3) is 0 Å². The second-order valence-corrected chi connectivity index (χ2v) is 5.39. The average Bonchev–Trinajstić information content (AvgIpc) is 2.34. The van der Waals surface area contributed by atoms with Gasteiger partial charge in [-0.2, -0.15) is 0 Å². The third-order valence-electron chi connectivity index (χ3n) is 3.49. The van der Waals surface area contributed by atoms with Crippen molar-refractivity contribution in [3.63, 3.8) is 0 Å². The molecule has 19 heavy (non-hydrogen) atoms. The van der Waals surface area contributed by atoms with Gasteiger partial charge in [0, 0.05) is 6.42 Å². The van der Waals surface area contributed by atoms with E-state index in [1.807, 2.05) is 0 Å². The molecule has 0 amide bonds. The maximum Gasteiger partial charge on any atom is 3.00 e. The van der Waals surface area contributed by atoms with Crippen LogP contribution < -0.4 is 0 Å². The number of rotatable bonds is 14. The number of carboxylic acids is 1. The van der Waals surface area contributed by atoms with Gasteiger partial charge < -0.3 is 5.11 Å². The van der Waals surface area contributed by atoms with E-state index < -0.39 is 5.97 Å². The molecule has 0 aliphatic heterocycles. The van der Waals surface area contributed by atoms with Gasteiger partial charge in [0.05, 0.1) is 0 Å². The topological polar surface area (TPSA) is 37.3 Å². The Morgan fingerprint density at radius 2 is 1.00 bits per heavy atom. The van der Waals surface area contributed by atoms with E-state index in [0.29, 0.717) is 6.42 Å². The van der Waals surface area contributed by atoms with Crippen LogP contribution in [0.2, 0.25) is 0 Å². The Morgan fingerprint density at radius 1 is 0.684 bits per heavy atom. The Hall–Kier alpha value is 0.340. The van der Waals surface area contributed by atoms with Gasteiger partial charge in [-0.15, -0.1) is 0 Å². The van der Waals surface area contributed by atoms with Gasteiger partial charge in [-0.25, -0.2) is 0 Å². The number of hydrogen-bond donors (Lipinski definition) is 1. The van der Waals surface area contributed by atoms with Crippen LogP contribution in [0.3, 0.4) is 0 Å². The van der Waals surface area contributed by atoms with Gasteiger partial charge in [-0.3, -0.25) is 4.79 Å². The molecule has 0 aliphatic rings. The second kappa shape index (κ2) is 18.3. The van der Waals surface area contributed by atoms with Crippen LogP contribution in [0, 0.1) is 0 Å². The van der Waals surface area contributed by atoms with Crippen molar-refractivity contribution in [2.45, 2.75) is 96.8 Å². The fourth-order valence-electron chi connectivity index (χ4n) is 2.29. The molecule has 1 N–H and O–H groups in total. The van der Waals surface area contributed by atoms with Crippen molar-refractivity contribution in [3.05, 3.63) is 0 Å². The molecule has 0 heterocycles. The quantitative estimate of drug-likeness (QED) is 0.428. The minimum absolute atomic E-state index is 0. The van der Waals surface area contributed by atoms with Crippen LogP contribution in [0.1, 0.15) is 96.8 Å². The number of aliphatic carboxylic acids is 1. The number of carbonyl (C=O) groups is 1. The van der Waals surface area contributed by atoms with Crippen molar-refractivity contribution in [2.75, 3.05) is 0 Å². The SMILES string of the molecule is CCCCCCCCCCCCCCCC(=O)O.[In+3]. The predicted octanol–water partition coefficient (Wildman–Crippen LogP) is 5.17. The van der Waals surface area contributed by atoms with Gasteiger partial charge in [0.2, 0.25) is 0 Å². The Morgan fingerprint density at radius 3 is 1.32 bits per heavy atom.